The van der Waals surface area contributed by atoms with Crippen molar-refractivity contribution in [3.8, 4) is 5.75 Å². The van der Waals surface area contributed by atoms with Gasteiger partial charge in [-0.2, -0.15) is 0 Å². The van der Waals surface area contributed by atoms with E-state index in [1.165, 1.54) is 29.3 Å². The van der Waals surface area contributed by atoms with Gasteiger partial charge in [-0.25, -0.2) is 0 Å². The molecule has 0 amide bonds. The zero-order valence-electron chi connectivity index (χ0n) is 30.4. The average Bonchev–Trinajstić information content (AvgIpc) is 3.67. The Morgan fingerprint density at radius 2 is 1.86 bits per heavy atom. The third kappa shape index (κ3) is 4.56. The molecule has 6 bridgehead atoms. The zero-order chi connectivity index (χ0) is 35.3. The van der Waals surface area contributed by atoms with Gasteiger partial charge >= 0.3 is 5.97 Å². The van der Waals surface area contributed by atoms with Gasteiger partial charge in [0.05, 0.1) is 26.3 Å². The minimum Gasteiger partial charge on any atom is -0.496 e. The average molecular weight is 691 g/mol. The highest BCUT2D eigenvalue weighted by atomic mass is 16.5. The van der Waals surface area contributed by atoms with E-state index in [4.69, 9.17) is 9.47 Å². The van der Waals surface area contributed by atoms with Crippen LogP contribution in [0.1, 0.15) is 73.0 Å². The second-order valence-electron chi connectivity index (χ2n) is 16.1. The summed E-state index contributed by atoms with van der Waals surface area (Å²) in [5.74, 6) is 1.20. The van der Waals surface area contributed by atoms with Crippen LogP contribution in [0.4, 0.5) is 0 Å². The number of piperidine rings is 3. The fourth-order valence-electron chi connectivity index (χ4n) is 11.9. The van der Waals surface area contributed by atoms with E-state index in [1.807, 2.05) is 6.92 Å². The Labute approximate surface area is 299 Å². The number of aliphatic hydroxyl groups excluding tert-OH is 1. The molecule has 4 aromatic rings. The van der Waals surface area contributed by atoms with Crippen LogP contribution in [-0.2, 0) is 27.2 Å². The van der Waals surface area contributed by atoms with E-state index >= 15 is 0 Å². The molecule has 4 aliphatic heterocycles. The highest BCUT2D eigenvalue weighted by Gasteiger charge is 2.59. The Morgan fingerprint density at radius 1 is 1.04 bits per heavy atom. The molecule has 9 heteroatoms. The number of nitrogens with one attached hydrogen (secondary N) is 2. The van der Waals surface area contributed by atoms with Crippen molar-refractivity contribution in [3.63, 3.8) is 0 Å². The number of para-hydroxylation sites is 1. The maximum atomic E-state index is 14.2. The lowest BCUT2D eigenvalue weighted by molar-refractivity contribution is -0.169. The van der Waals surface area contributed by atoms with E-state index in [0.29, 0.717) is 31.1 Å². The quantitative estimate of drug-likeness (QED) is 0.182. The minimum atomic E-state index is -1.15. The van der Waals surface area contributed by atoms with Crippen LogP contribution in [0.2, 0.25) is 0 Å². The molecule has 0 spiro atoms. The number of likely N-dealkylation sites (tertiary alicyclic amines) is 1. The number of carbonyl (C=O) groups is 2. The minimum absolute atomic E-state index is 0.0786. The molecule has 9 nitrogen and oxygen atoms in total. The Hall–Kier alpha value is -3.92. The first kappa shape index (κ1) is 33.0. The number of aromatic nitrogens is 2. The molecule has 268 valence electrons. The van der Waals surface area contributed by atoms with E-state index in [0.717, 1.165) is 71.4 Å². The van der Waals surface area contributed by atoms with Crippen LogP contribution in [0.3, 0.4) is 0 Å². The van der Waals surface area contributed by atoms with Gasteiger partial charge in [0, 0.05) is 88.6 Å². The number of esters is 1. The van der Waals surface area contributed by atoms with Gasteiger partial charge in [-0.15, -0.1) is 0 Å². The maximum Gasteiger partial charge on any atom is 0.316 e. The Bertz CT molecular complexity index is 2090. The first-order chi connectivity index (χ1) is 24.7. The summed E-state index contributed by atoms with van der Waals surface area (Å²) in [7, 11) is 5.26. The largest absolute Gasteiger partial charge is 0.496 e. The second-order valence-corrected chi connectivity index (χ2v) is 16.1. The molecule has 1 unspecified atom stereocenters. The number of hydrogen-bond donors (Lipinski definition) is 3. The van der Waals surface area contributed by atoms with Crippen LogP contribution in [0.15, 0.2) is 48.0 Å². The molecule has 10 rings (SSSR count). The standard InChI is InChI=1S/C42H50N4O5/c1-6-24-20-45(3)35-18-29-25-9-7-8-10-33(25)43-38(29)30(17-32(24)42(35,21-47)41(49)51-5)36-34(50-4)12-11-26-27-13-14-46-19-23-15-28(22(2)48)40(46)31(16-23)37(27)44-39(26)36/h6-12,23,28,30-32,35,40,43-44,47H,13-21H2,1-5H3/b24-6+/t23-,28-,30-,31+,32+,35+,40+,42+/m1/s1. The summed E-state index contributed by atoms with van der Waals surface area (Å²) >= 11 is 0. The van der Waals surface area contributed by atoms with E-state index in [9.17, 15) is 14.7 Å². The molecule has 6 heterocycles. The predicted molar refractivity (Wildman–Crippen MR) is 197 cm³/mol. The lowest BCUT2D eigenvalue weighted by Gasteiger charge is -2.53. The lowest BCUT2D eigenvalue weighted by Crippen LogP contribution is -2.63. The smallest absolute Gasteiger partial charge is 0.316 e. The first-order valence-electron chi connectivity index (χ1n) is 18.8. The third-order valence-corrected chi connectivity index (χ3v) is 14.0. The van der Waals surface area contributed by atoms with Crippen LogP contribution in [0.5, 0.6) is 5.75 Å². The van der Waals surface area contributed by atoms with Crippen molar-refractivity contribution in [2.45, 2.75) is 69.9 Å². The number of aromatic amines is 2. The number of rotatable bonds is 5. The third-order valence-electron chi connectivity index (χ3n) is 14.0. The summed E-state index contributed by atoms with van der Waals surface area (Å²) in [6, 6.07) is 12.8. The highest BCUT2D eigenvalue weighted by molar-refractivity contribution is 5.92. The number of allylic oxidation sites excluding steroid dienone is 1. The van der Waals surface area contributed by atoms with Gasteiger partial charge in [-0.3, -0.25) is 19.4 Å². The van der Waals surface area contributed by atoms with E-state index in [-0.39, 0.29) is 48.3 Å². The van der Waals surface area contributed by atoms with Crippen molar-refractivity contribution in [2.75, 3.05) is 47.5 Å². The first-order valence-corrected chi connectivity index (χ1v) is 18.8. The number of ether oxygens (including phenoxy) is 2. The van der Waals surface area contributed by atoms with Crippen molar-refractivity contribution in [1.82, 2.24) is 19.8 Å². The molecule has 9 atom stereocenters. The number of fused-ring (bicyclic) bond motifs is 9. The van der Waals surface area contributed by atoms with Gasteiger partial charge in [-0.1, -0.05) is 29.8 Å². The molecular formula is C42H50N4O5. The monoisotopic (exact) mass is 690 g/mol. The predicted octanol–water partition coefficient (Wildman–Crippen LogP) is 5.70. The fraction of sp³-hybridized carbons (Fsp3) is 0.524. The molecule has 4 fully saturated rings. The highest BCUT2D eigenvalue weighted by Crippen LogP contribution is 2.56. The number of likely N-dealkylation sites (N-methyl/N-ethyl adjacent to an activating group) is 1. The molecule has 6 aliphatic rings. The van der Waals surface area contributed by atoms with Gasteiger partial charge in [0.1, 0.15) is 16.9 Å². The van der Waals surface area contributed by atoms with Crippen molar-refractivity contribution in [3.05, 3.63) is 76.1 Å². The fourth-order valence-corrected chi connectivity index (χ4v) is 11.9. The van der Waals surface area contributed by atoms with Gasteiger partial charge in [0.25, 0.3) is 0 Å². The normalized spacial score (nSPS) is 33.7. The van der Waals surface area contributed by atoms with E-state index in [2.05, 4.69) is 69.3 Å². The van der Waals surface area contributed by atoms with Crippen molar-refractivity contribution >= 4 is 33.6 Å². The molecule has 2 aliphatic carbocycles. The van der Waals surface area contributed by atoms with Crippen LogP contribution in [0.25, 0.3) is 21.8 Å². The van der Waals surface area contributed by atoms with Gasteiger partial charge in [-0.05, 0) is 88.2 Å². The Morgan fingerprint density at radius 3 is 2.61 bits per heavy atom. The number of hydrogen-bond acceptors (Lipinski definition) is 7. The summed E-state index contributed by atoms with van der Waals surface area (Å²) in [5.41, 5.74) is 8.19. The molecule has 3 saturated heterocycles. The van der Waals surface area contributed by atoms with Crippen molar-refractivity contribution in [2.24, 2.45) is 23.2 Å². The molecule has 3 N–H and O–H groups in total. The number of nitrogens with zero attached hydrogens (tertiary/aromatic N) is 2. The van der Waals surface area contributed by atoms with Crippen LogP contribution in [0, 0.1) is 23.2 Å². The van der Waals surface area contributed by atoms with Gasteiger partial charge < -0.3 is 24.5 Å². The number of benzene rings is 2. The maximum absolute atomic E-state index is 14.2. The van der Waals surface area contributed by atoms with Crippen LogP contribution < -0.4 is 4.74 Å². The zero-order valence-corrected chi connectivity index (χ0v) is 30.4. The number of H-pyrrole nitrogens is 2. The molecule has 2 aromatic heterocycles. The summed E-state index contributed by atoms with van der Waals surface area (Å²) < 4.78 is 11.9. The molecule has 51 heavy (non-hydrogen) atoms. The summed E-state index contributed by atoms with van der Waals surface area (Å²) in [6.07, 6.45) is 6.36. The Kier molecular flexibility index (Phi) is 7.80. The molecule has 0 radical (unpaired) electrons. The number of aliphatic hydroxyl groups is 1. The summed E-state index contributed by atoms with van der Waals surface area (Å²) in [4.78, 5) is 40.0. The second kappa shape index (κ2) is 12.1. The van der Waals surface area contributed by atoms with E-state index < -0.39 is 5.41 Å². The van der Waals surface area contributed by atoms with Crippen molar-refractivity contribution < 1.29 is 24.2 Å². The SMILES string of the molecule is C/C=C1\CN(C)[C@H]2Cc3c([nH]c4ccccc34)[C@@H](c3c(OC)ccc4c5c([nH]c34)[C@@H]3C[C@H]4C[C@H](C(C)=O)[C@@H]3N(CC5)C4)C[C@@H]1[C@]2(CO)C(=O)OC. The lowest BCUT2D eigenvalue weighted by atomic mass is 9.58. The van der Waals surface area contributed by atoms with Gasteiger partial charge in [0.2, 0.25) is 0 Å². The van der Waals surface area contributed by atoms with E-state index in [1.54, 1.807) is 14.0 Å². The number of Topliss-reactive ketones (excluding diaryl/α,β-unsaturated/α-hetero) is 1. The molecule has 2 aromatic carbocycles. The number of ketones is 1. The summed E-state index contributed by atoms with van der Waals surface area (Å²) in [5, 5.41) is 13.8. The number of carbonyl (C=O) groups excluding carboxylic acids is 2. The van der Waals surface area contributed by atoms with Crippen LogP contribution >= 0.6 is 0 Å². The van der Waals surface area contributed by atoms with Crippen molar-refractivity contribution in [1.29, 1.82) is 0 Å². The van der Waals surface area contributed by atoms with Gasteiger partial charge in [0.15, 0.2) is 0 Å². The molecular weight excluding hydrogens is 640 g/mol. The van der Waals surface area contributed by atoms with Crippen LogP contribution in [-0.4, -0.2) is 96.2 Å². The summed E-state index contributed by atoms with van der Waals surface area (Å²) in [6.45, 7) is 6.28. The molecule has 1 saturated carbocycles. The Balaban J connectivity index is 1.30. The number of methoxy groups -OCH3 is 2. The topological polar surface area (TPSA) is 111 Å².